The van der Waals surface area contributed by atoms with Gasteiger partial charge in [0.25, 0.3) is 0 Å². The van der Waals surface area contributed by atoms with E-state index in [1.165, 1.54) is 26.1 Å². The average molecular weight is 455 g/mol. The van der Waals surface area contributed by atoms with Crippen molar-refractivity contribution < 1.29 is 28.5 Å². The number of halogens is 2. The number of nitrogens with zero attached hydrogens (tertiary/aromatic N) is 1. The van der Waals surface area contributed by atoms with Crippen molar-refractivity contribution in [3.8, 4) is 0 Å². The molecule has 0 saturated heterocycles. The molecule has 16 heavy (non-hydrogen) atoms. The number of para-hydroxylation sites is 1. The first-order chi connectivity index (χ1) is 7.40. The van der Waals surface area contributed by atoms with E-state index in [9.17, 15) is 0 Å². The second-order valence-electron chi connectivity index (χ2n) is 3.72. The van der Waals surface area contributed by atoms with Gasteiger partial charge in [-0.05, 0) is 12.1 Å². The summed E-state index contributed by atoms with van der Waals surface area (Å²) in [7, 11) is 0. The lowest BCUT2D eigenvalue weighted by molar-refractivity contribution is -0.718. The molecule has 1 aromatic heterocycles. The third-order valence-corrected chi connectivity index (χ3v) is 5.00. The molecule has 0 amide bonds. The Kier molecular flexibility index (Phi) is 4.34. The molecule has 1 nitrogen and oxygen atoms in total. The fourth-order valence-electron chi connectivity index (χ4n) is 2.07. The number of hydrogen-bond donors (Lipinski definition) is 0. The highest BCUT2D eigenvalue weighted by Gasteiger charge is 2.32. The molecule has 2 heterocycles. The number of alkyl halides is 1. The maximum absolute atomic E-state index is 2.49. The molecule has 2 aromatic rings. The van der Waals surface area contributed by atoms with Gasteiger partial charge >= 0.3 is 0 Å². The van der Waals surface area contributed by atoms with Crippen LogP contribution in [0.25, 0.3) is 10.9 Å². The molecule has 0 N–H and O–H groups in total. The lowest BCUT2D eigenvalue weighted by atomic mass is 10.2. The Balaban J connectivity index is 0.000000963. The maximum Gasteiger partial charge on any atom is 0.241 e. The quantitative estimate of drug-likeness (QED) is 0.338. The number of fused-ring (bicyclic) bond motifs is 3. The van der Waals surface area contributed by atoms with Gasteiger partial charge < -0.3 is 24.0 Å². The molecular formula is C12H11I2NS. The van der Waals surface area contributed by atoms with Crippen molar-refractivity contribution in [2.45, 2.75) is 11.1 Å². The zero-order valence-electron chi connectivity index (χ0n) is 8.57. The normalized spacial score (nSPS) is 18.2. The molecule has 1 atom stereocenters. The highest BCUT2D eigenvalue weighted by molar-refractivity contribution is 14.1. The first-order valence-electron chi connectivity index (χ1n) is 5.02. The minimum absolute atomic E-state index is 0. The van der Waals surface area contributed by atoms with Crippen LogP contribution in [0.5, 0.6) is 0 Å². The van der Waals surface area contributed by atoms with Crippen LogP contribution in [0.2, 0.25) is 0 Å². The van der Waals surface area contributed by atoms with Gasteiger partial charge in [0, 0.05) is 17.5 Å². The van der Waals surface area contributed by atoms with Gasteiger partial charge in [-0.3, -0.25) is 0 Å². The minimum Gasteiger partial charge on any atom is -1.00 e. The fourth-order valence-corrected chi connectivity index (χ4v) is 4.38. The van der Waals surface area contributed by atoms with E-state index in [1.54, 1.807) is 0 Å². The van der Waals surface area contributed by atoms with E-state index in [1.807, 2.05) is 11.8 Å². The first-order valence-corrected chi connectivity index (χ1v) is 7.53. The highest BCUT2D eigenvalue weighted by atomic mass is 127. The van der Waals surface area contributed by atoms with Crippen molar-refractivity contribution in [1.82, 2.24) is 0 Å². The number of hydrogen-bond acceptors (Lipinski definition) is 1. The zero-order valence-corrected chi connectivity index (χ0v) is 13.7. The van der Waals surface area contributed by atoms with E-state index in [-0.39, 0.29) is 24.0 Å². The summed E-state index contributed by atoms with van der Waals surface area (Å²) in [6.45, 7) is 0. The largest absolute Gasteiger partial charge is 1.00 e. The molecule has 0 radical (unpaired) electrons. The molecule has 0 aliphatic carbocycles. The van der Waals surface area contributed by atoms with Crippen LogP contribution in [-0.2, 0) is 0 Å². The highest BCUT2D eigenvalue weighted by Crippen LogP contribution is 2.29. The summed E-state index contributed by atoms with van der Waals surface area (Å²) in [5, 5.41) is 2.76. The molecular weight excluding hydrogens is 444 g/mol. The third-order valence-electron chi connectivity index (χ3n) is 2.81. The van der Waals surface area contributed by atoms with Gasteiger partial charge in [0.1, 0.15) is 0 Å². The lowest BCUT2D eigenvalue weighted by Gasteiger charge is -2.04. The molecule has 1 unspecified atom stereocenters. The van der Waals surface area contributed by atoms with Crippen molar-refractivity contribution >= 4 is 45.3 Å². The Hall–Kier alpha value is 0.440. The summed E-state index contributed by atoms with van der Waals surface area (Å²) in [5.74, 6) is 1.22. The van der Waals surface area contributed by atoms with Crippen LogP contribution in [0.4, 0.5) is 0 Å². The number of pyridine rings is 1. The van der Waals surface area contributed by atoms with E-state index in [0.717, 1.165) is 0 Å². The molecule has 1 aliphatic heterocycles. The van der Waals surface area contributed by atoms with Gasteiger partial charge in [-0.1, -0.05) is 46.5 Å². The molecule has 0 spiro atoms. The lowest BCUT2D eigenvalue weighted by Crippen LogP contribution is -3.00. The monoisotopic (exact) mass is 455 g/mol. The second kappa shape index (κ2) is 5.39. The molecule has 1 aromatic carbocycles. The number of thioether (sulfide) groups is 1. The van der Waals surface area contributed by atoms with Crippen molar-refractivity contribution in [2.24, 2.45) is 0 Å². The topological polar surface area (TPSA) is 3.88 Å². The van der Waals surface area contributed by atoms with Crippen molar-refractivity contribution in [3.05, 3.63) is 36.4 Å². The van der Waals surface area contributed by atoms with E-state index in [4.69, 9.17) is 0 Å². The van der Waals surface area contributed by atoms with Crippen LogP contribution in [0.3, 0.4) is 0 Å². The van der Waals surface area contributed by atoms with Crippen LogP contribution in [0.15, 0.2) is 41.4 Å². The Bertz CT molecular complexity index is 515. The van der Waals surface area contributed by atoms with E-state index in [2.05, 4.69) is 63.6 Å². The standard InChI is InChI=1S/C12H11INS.HI/c13-7-10-8-15-12-6-5-9-3-1-2-4-11(9)14(10)12;/h1-6,10H,7-8H2;1H/q+1;/p-1. The second-order valence-corrected chi connectivity index (χ2v) is 5.64. The van der Waals surface area contributed by atoms with Crippen LogP contribution in [-0.4, -0.2) is 10.2 Å². The van der Waals surface area contributed by atoms with Crippen LogP contribution in [0.1, 0.15) is 6.04 Å². The molecule has 3 rings (SSSR count). The third kappa shape index (κ3) is 2.08. The predicted octanol–water partition coefficient (Wildman–Crippen LogP) is 0.213. The Labute approximate surface area is 130 Å². The van der Waals surface area contributed by atoms with E-state index in [0.29, 0.717) is 6.04 Å². The van der Waals surface area contributed by atoms with Crippen LogP contribution >= 0.6 is 34.4 Å². The van der Waals surface area contributed by atoms with Crippen LogP contribution in [0, 0.1) is 0 Å². The smallest absolute Gasteiger partial charge is 0.241 e. The summed E-state index contributed by atoms with van der Waals surface area (Å²) in [4.78, 5) is 0. The molecule has 0 bridgehead atoms. The summed E-state index contributed by atoms with van der Waals surface area (Å²) >= 11 is 4.46. The molecule has 0 fully saturated rings. The van der Waals surface area contributed by atoms with Gasteiger partial charge in [-0.25, -0.2) is 0 Å². The van der Waals surface area contributed by atoms with Crippen LogP contribution < -0.4 is 28.5 Å². The summed E-state index contributed by atoms with van der Waals surface area (Å²) in [6.07, 6.45) is 0. The number of aromatic nitrogens is 1. The Morgan fingerprint density at radius 3 is 2.88 bits per heavy atom. The Morgan fingerprint density at radius 2 is 2.06 bits per heavy atom. The van der Waals surface area contributed by atoms with Gasteiger partial charge in [0.15, 0.2) is 6.04 Å². The molecule has 0 saturated carbocycles. The van der Waals surface area contributed by atoms with Crippen molar-refractivity contribution in [2.75, 3.05) is 10.2 Å². The van der Waals surface area contributed by atoms with Gasteiger partial charge in [-0.2, -0.15) is 4.57 Å². The van der Waals surface area contributed by atoms with Crippen molar-refractivity contribution in [1.29, 1.82) is 0 Å². The number of benzene rings is 1. The van der Waals surface area contributed by atoms with Gasteiger partial charge in [-0.15, -0.1) is 0 Å². The SMILES string of the molecule is ICC1CSc2ccc3ccccc3[n+]21.[I-]. The van der Waals surface area contributed by atoms with E-state index < -0.39 is 0 Å². The molecule has 4 heteroatoms. The molecule has 1 aliphatic rings. The minimum atomic E-state index is 0. The fraction of sp³-hybridized carbons (Fsp3) is 0.250. The number of rotatable bonds is 1. The maximum atomic E-state index is 2.49. The van der Waals surface area contributed by atoms with Gasteiger partial charge in [0.2, 0.25) is 10.5 Å². The summed E-state index contributed by atoms with van der Waals surface area (Å²) in [5.41, 5.74) is 1.38. The first kappa shape index (κ1) is 12.9. The summed E-state index contributed by atoms with van der Waals surface area (Å²) in [6, 6.07) is 13.8. The van der Waals surface area contributed by atoms with Gasteiger partial charge in [0.05, 0.1) is 10.2 Å². The predicted molar refractivity (Wildman–Crippen MR) is 72.8 cm³/mol. The van der Waals surface area contributed by atoms with E-state index >= 15 is 0 Å². The summed E-state index contributed by atoms with van der Waals surface area (Å²) < 4.78 is 3.68. The average Bonchev–Trinajstić information content (AvgIpc) is 2.72. The Morgan fingerprint density at radius 1 is 1.25 bits per heavy atom. The van der Waals surface area contributed by atoms with Crippen molar-refractivity contribution in [3.63, 3.8) is 0 Å². The zero-order chi connectivity index (χ0) is 10.3. The molecule has 84 valence electrons.